The SMILES string of the molecule is COC(=O)c1c(NC(=O)CSc2nnc(C(C)Oc3ccc(F)cc3F)n2C)sc2c1CCCCC2. The van der Waals surface area contributed by atoms with Crippen molar-refractivity contribution in [1.82, 2.24) is 14.8 Å². The van der Waals surface area contributed by atoms with Gasteiger partial charge in [-0.2, -0.15) is 0 Å². The number of thiophene rings is 1. The first kappa shape index (κ1) is 26.1. The van der Waals surface area contributed by atoms with Crippen LogP contribution < -0.4 is 10.1 Å². The van der Waals surface area contributed by atoms with E-state index in [1.54, 1.807) is 18.5 Å². The van der Waals surface area contributed by atoms with Gasteiger partial charge in [-0.1, -0.05) is 18.2 Å². The van der Waals surface area contributed by atoms with Crippen molar-refractivity contribution < 1.29 is 27.8 Å². The number of ether oxygens (including phenoxy) is 2. The predicted molar refractivity (Wildman–Crippen MR) is 133 cm³/mol. The van der Waals surface area contributed by atoms with Crippen LogP contribution in [0.4, 0.5) is 13.8 Å². The van der Waals surface area contributed by atoms with E-state index in [1.807, 2.05) is 0 Å². The Morgan fingerprint density at radius 1 is 1.22 bits per heavy atom. The van der Waals surface area contributed by atoms with Gasteiger partial charge >= 0.3 is 5.97 Å². The van der Waals surface area contributed by atoms with Crippen LogP contribution in [-0.2, 0) is 29.4 Å². The summed E-state index contributed by atoms with van der Waals surface area (Å²) in [6, 6.07) is 3.07. The maximum atomic E-state index is 13.9. The summed E-state index contributed by atoms with van der Waals surface area (Å²) in [7, 11) is 3.05. The molecule has 192 valence electrons. The summed E-state index contributed by atoms with van der Waals surface area (Å²) in [4.78, 5) is 26.4. The number of rotatable bonds is 8. The van der Waals surface area contributed by atoms with E-state index in [4.69, 9.17) is 9.47 Å². The Morgan fingerprint density at radius 2 is 2.00 bits per heavy atom. The minimum absolute atomic E-state index is 0.0387. The number of carbonyl (C=O) groups is 2. The Hall–Kier alpha value is -2.99. The van der Waals surface area contributed by atoms with Crippen LogP contribution in [0.1, 0.15) is 58.9 Å². The minimum Gasteiger partial charge on any atom is -0.480 e. The van der Waals surface area contributed by atoms with Crippen molar-refractivity contribution in [2.75, 3.05) is 18.2 Å². The van der Waals surface area contributed by atoms with Gasteiger partial charge in [0.05, 0.1) is 18.4 Å². The molecule has 2 heterocycles. The zero-order valence-corrected chi connectivity index (χ0v) is 21.7. The maximum Gasteiger partial charge on any atom is 0.341 e. The highest BCUT2D eigenvalue weighted by atomic mass is 32.2. The van der Waals surface area contributed by atoms with Gasteiger partial charge in [-0.25, -0.2) is 13.6 Å². The normalized spacial score (nSPS) is 14.0. The molecule has 0 aliphatic heterocycles. The van der Waals surface area contributed by atoms with Crippen molar-refractivity contribution >= 4 is 40.0 Å². The van der Waals surface area contributed by atoms with Gasteiger partial charge in [-0.05, 0) is 50.3 Å². The number of esters is 1. The van der Waals surface area contributed by atoms with Crippen molar-refractivity contribution in [1.29, 1.82) is 0 Å². The average Bonchev–Trinajstić information content (AvgIpc) is 3.29. The molecule has 1 unspecified atom stereocenters. The molecule has 1 N–H and O–H groups in total. The van der Waals surface area contributed by atoms with E-state index in [2.05, 4.69) is 15.5 Å². The molecular formula is C24H26F2N4O4S2. The first-order chi connectivity index (χ1) is 17.3. The number of hydrogen-bond acceptors (Lipinski definition) is 8. The van der Waals surface area contributed by atoms with Crippen molar-refractivity contribution in [2.24, 2.45) is 7.05 Å². The third-order valence-corrected chi connectivity index (χ3v) is 8.05. The van der Waals surface area contributed by atoms with Gasteiger partial charge in [0.2, 0.25) is 5.91 Å². The van der Waals surface area contributed by atoms with Crippen LogP contribution in [0.3, 0.4) is 0 Å². The molecule has 0 fully saturated rings. The summed E-state index contributed by atoms with van der Waals surface area (Å²) in [5.74, 6) is -1.89. The Labute approximate surface area is 215 Å². The van der Waals surface area contributed by atoms with Crippen molar-refractivity contribution in [3.8, 4) is 5.75 Å². The summed E-state index contributed by atoms with van der Waals surface area (Å²) in [5.41, 5.74) is 1.44. The third kappa shape index (κ3) is 5.70. The lowest BCUT2D eigenvalue weighted by molar-refractivity contribution is -0.113. The van der Waals surface area contributed by atoms with Gasteiger partial charge in [0.25, 0.3) is 0 Å². The molecule has 36 heavy (non-hydrogen) atoms. The molecule has 12 heteroatoms. The molecule has 1 amide bonds. The molecule has 3 aromatic rings. The predicted octanol–water partition coefficient (Wildman–Crippen LogP) is 5.08. The molecule has 1 aliphatic carbocycles. The van der Waals surface area contributed by atoms with E-state index in [-0.39, 0.29) is 17.4 Å². The number of aromatic nitrogens is 3. The third-order valence-electron chi connectivity index (χ3n) is 5.83. The molecule has 0 radical (unpaired) electrons. The van der Waals surface area contributed by atoms with Crippen molar-refractivity contribution in [2.45, 2.75) is 50.3 Å². The molecule has 1 aromatic carbocycles. The second kappa shape index (κ2) is 11.4. The van der Waals surface area contributed by atoms with Crippen LogP contribution in [0.25, 0.3) is 0 Å². The monoisotopic (exact) mass is 536 g/mol. The Morgan fingerprint density at radius 3 is 2.75 bits per heavy atom. The van der Waals surface area contributed by atoms with Crippen LogP contribution >= 0.6 is 23.1 Å². The fraction of sp³-hybridized carbons (Fsp3) is 0.417. The zero-order valence-electron chi connectivity index (χ0n) is 20.1. The van der Waals surface area contributed by atoms with Crippen LogP contribution in [0, 0.1) is 11.6 Å². The number of carbonyl (C=O) groups excluding carboxylic acids is 2. The lowest BCUT2D eigenvalue weighted by atomic mass is 10.1. The fourth-order valence-electron chi connectivity index (χ4n) is 4.06. The van der Waals surface area contributed by atoms with Gasteiger partial charge in [-0.3, -0.25) is 4.79 Å². The van der Waals surface area contributed by atoms with Gasteiger partial charge in [0.15, 0.2) is 28.7 Å². The fourth-order valence-corrected chi connectivity index (χ4v) is 6.07. The Bertz CT molecular complexity index is 1280. The number of nitrogens with zero attached hydrogens (tertiary/aromatic N) is 3. The maximum absolute atomic E-state index is 13.9. The number of methoxy groups -OCH3 is 1. The lowest BCUT2D eigenvalue weighted by Crippen LogP contribution is -2.17. The molecule has 0 saturated heterocycles. The van der Waals surface area contributed by atoms with Gasteiger partial charge < -0.3 is 19.4 Å². The Balaban J connectivity index is 1.41. The highest BCUT2D eigenvalue weighted by Crippen LogP contribution is 2.38. The molecule has 2 aromatic heterocycles. The number of hydrogen-bond donors (Lipinski definition) is 1. The van der Waals surface area contributed by atoms with Crippen molar-refractivity contribution in [3.63, 3.8) is 0 Å². The van der Waals surface area contributed by atoms with E-state index in [9.17, 15) is 18.4 Å². The molecule has 0 spiro atoms. The van der Waals surface area contributed by atoms with Crippen LogP contribution in [0.5, 0.6) is 5.75 Å². The zero-order chi connectivity index (χ0) is 25.8. The van der Waals surface area contributed by atoms with E-state index >= 15 is 0 Å². The second-order valence-electron chi connectivity index (χ2n) is 8.33. The summed E-state index contributed by atoms with van der Waals surface area (Å²) in [6.07, 6.45) is 4.18. The topological polar surface area (TPSA) is 95.3 Å². The summed E-state index contributed by atoms with van der Waals surface area (Å²) in [5, 5.41) is 12.1. The highest BCUT2D eigenvalue weighted by Gasteiger charge is 2.26. The first-order valence-corrected chi connectivity index (χ1v) is 13.2. The van der Waals surface area contributed by atoms with Gasteiger partial charge in [-0.15, -0.1) is 21.5 Å². The number of anilines is 1. The van der Waals surface area contributed by atoms with E-state index in [0.29, 0.717) is 21.5 Å². The largest absolute Gasteiger partial charge is 0.480 e. The number of benzene rings is 1. The second-order valence-corrected chi connectivity index (χ2v) is 10.4. The Kier molecular flexibility index (Phi) is 8.24. The molecule has 4 rings (SSSR count). The number of amides is 1. The van der Waals surface area contributed by atoms with E-state index < -0.39 is 23.7 Å². The molecule has 0 bridgehead atoms. The summed E-state index contributed by atoms with van der Waals surface area (Å²) >= 11 is 2.61. The highest BCUT2D eigenvalue weighted by molar-refractivity contribution is 7.99. The number of halogens is 2. The first-order valence-electron chi connectivity index (χ1n) is 11.4. The number of aryl methyl sites for hydroxylation is 1. The van der Waals surface area contributed by atoms with E-state index in [0.717, 1.165) is 54.7 Å². The number of fused-ring (bicyclic) bond motifs is 1. The molecule has 8 nitrogen and oxygen atoms in total. The molecule has 1 aliphatic rings. The van der Waals surface area contributed by atoms with Gasteiger partial charge in [0.1, 0.15) is 10.8 Å². The average molecular weight is 537 g/mol. The molecular weight excluding hydrogens is 510 g/mol. The smallest absolute Gasteiger partial charge is 0.341 e. The quantitative estimate of drug-likeness (QED) is 0.244. The summed E-state index contributed by atoms with van der Waals surface area (Å²) < 4.78 is 39.3. The lowest BCUT2D eigenvalue weighted by Gasteiger charge is -2.14. The minimum atomic E-state index is -0.813. The van der Waals surface area contributed by atoms with Crippen LogP contribution in [0.2, 0.25) is 0 Å². The van der Waals surface area contributed by atoms with Crippen LogP contribution in [0.15, 0.2) is 23.4 Å². The molecule has 0 saturated carbocycles. The number of thioether (sulfide) groups is 1. The standard InChI is InChI=1S/C24H26F2N4O4S2/c1-13(34-17-10-9-14(25)11-16(17)26)21-28-29-24(30(21)2)35-12-19(31)27-22-20(23(32)33-3)15-7-5-4-6-8-18(15)36-22/h9-11,13H,4-8,12H2,1-3H3,(H,27,31). The van der Waals surface area contributed by atoms with Crippen LogP contribution in [-0.4, -0.2) is 39.5 Å². The summed E-state index contributed by atoms with van der Waals surface area (Å²) in [6.45, 7) is 1.67. The van der Waals surface area contributed by atoms with Gasteiger partial charge in [0, 0.05) is 18.0 Å². The number of nitrogens with one attached hydrogen (secondary N) is 1. The molecule has 1 atom stereocenters. The van der Waals surface area contributed by atoms with Crippen molar-refractivity contribution in [3.05, 3.63) is 51.7 Å². The van der Waals surface area contributed by atoms with E-state index in [1.165, 1.54) is 36.3 Å².